The number of carbonyl (C=O) groups is 1. The molecular formula is C16H13N5O2. The summed E-state index contributed by atoms with van der Waals surface area (Å²) >= 11 is 0. The molecule has 0 saturated heterocycles. The molecule has 7 nitrogen and oxygen atoms in total. The highest BCUT2D eigenvalue weighted by atomic mass is 16.4. The Balaban J connectivity index is 1.87. The number of nitrogens with zero attached hydrogens (tertiary/aromatic N) is 4. The predicted octanol–water partition coefficient (Wildman–Crippen LogP) is 1.71. The zero-order chi connectivity index (χ0) is 16.0. The second kappa shape index (κ2) is 4.91. The van der Waals surface area contributed by atoms with E-state index in [1.165, 1.54) is 16.4 Å². The number of benzene rings is 1. The van der Waals surface area contributed by atoms with Crippen LogP contribution in [0, 0.1) is 0 Å². The average molecular weight is 307 g/mol. The van der Waals surface area contributed by atoms with Crippen LogP contribution in [0.2, 0.25) is 0 Å². The summed E-state index contributed by atoms with van der Waals surface area (Å²) in [5.41, 5.74) is 10.0. The molecule has 3 aromatic rings. The SMILES string of the molecule is Nc1c(C(=O)O)cnn1-c1ncc2c(n1)-c1ccccc1CC2. The van der Waals surface area contributed by atoms with E-state index in [4.69, 9.17) is 10.8 Å². The van der Waals surface area contributed by atoms with Crippen molar-refractivity contribution >= 4 is 11.8 Å². The van der Waals surface area contributed by atoms with E-state index < -0.39 is 5.97 Å². The molecule has 114 valence electrons. The lowest BCUT2D eigenvalue weighted by Crippen LogP contribution is -2.12. The number of fused-ring (bicyclic) bond motifs is 3. The topological polar surface area (TPSA) is 107 Å². The van der Waals surface area contributed by atoms with Crippen molar-refractivity contribution in [1.82, 2.24) is 19.7 Å². The highest BCUT2D eigenvalue weighted by Crippen LogP contribution is 2.31. The largest absolute Gasteiger partial charge is 0.477 e. The number of rotatable bonds is 2. The van der Waals surface area contributed by atoms with Gasteiger partial charge in [-0.2, -0.15) is 9.78 Å². The molecule has 1 aliphatic carbocycles. The Labute approximate surface area is 131 Å². The summed E-state index contributed by atoms with van der Waals surface area (Å²) in [5.74, 6) is -0.843. The smallest absolute Gasteiger partial charge is 0.341 e. The molecule has 23 heavy (non-hydrogen) atoms. The highest BCUT2D eigenvalue weighted by molar-refractivity contribution is 5.92. The molecule has 7 heteroatoms. The predicted molar refractivity (Wildman–Crippen MR) is 83.4 cm³/mol. The first kappa shape index (κ1) is 13.4. The summed E-state index contributed by atoms with van der Waals surface area (Å²) in [6, 6.07) is 8.10. The number of aryl methyl sites for hydroxylation is 2. The van der Waals surface area contributed by atoms with E-state index in [0.29, 0.717) is 0 Å². The van der Waals surface area contributed by atoms with Crippen molar-refractivity contribution in [3.63, 3.8) is 0 Å². The molecule has 0 spiro atoms. The minimum atomic E-state index is -1.13. The van der Waals surface area contributed by atoms with Gasteiger partial charge in [0.15, 0.2) is 0 Å². The van der Waals surface area contributed by atoms with E-state index in [0.717, 1.165) is 29.7 Å². The Kier molecular flexibility index (Phi) is 2.87. The lowest BCUT2D eigenvalue weighted by atomic mass is 9.90. The van der Waals surface area contributed by atoms with Crippen LogP contribution in [0.25, 0.3) is 17.2 Å². The van der Waals surface area contributed by atoms with Crippen molar-refractivity contribution in [3.8, 4) is 17.2 Å². The van der Waals surface area contributed by atoms with Crippen molar-refractivity contribution in [3.05, 3.63) is 53.3 Å². The quantitative estimate of drug-likeness (QED) is 0.746. The van der Waals surface area contributed by atoms with Gasteiger partial charge in [-0.1, -0.05) is 24.3 Å². The van der Waals surface area contributed by atoms with Crippen molar-refractivity contribution in [2.45, 2.75) is 12.8 Å². The molecular weight excluding hydrogens is 294 g/mol. The van der Waals surface area contributed by atoms with Gasteiger partial charge >= 0.3 is 5.97 Å². The van der Waals surface area contributed by atoms with Crippen LogP contribution in [0.5, 0.6) is 0 Å². The lowest BCUT2D eigenvalue weighted by molar-refractivity contribution is 0.0698. The van der Waals surface area contributed by atoms with Gasteiger partial charge in [0.05, 0.1) is 11.9 Å². The van der Waals surface area contributed by atoms with Gasteiger partial charge in [0.25, 0.3) is 5.95 Å². The molecule has 2 heterocycles. The Morgan fingerprint density at radius 2 is 1.96 bits per heavy atom. The Hall–Kier alpha value is -3.22. The minimum Gasteiger partial charge on any atom is -0.477 e. The minimum absolute atomic E-state index is 0.0153. The van der Waals surface area contributed by atoms with Gasteiger partial charge in [0.2, 0.25) is 0 Å². The van der Waals surface area contributed by atoms with Crippen LogP contribution in [-0.2, 0) is 12.8 Å². The second-order valence-corrected chi connectivity index (χ2v) is 5.36. The van der Waals surface area contributed by atoms with E-state index in [2.05, 4.69) is 21.1 Å². The Morgan fingerprint density at radius 1 is 1.17 bits per heavy atom. The maximum Gasteiger partial charge on any atom is 0.341 e. The van der Waals surface area contributed by atoms with Gasteiger partial charge in [0, 0.05) is 11.8 Å². The summed E-state index contributed by atoms with van der Waals surface area (Å²) in [7, 11) is 0. The monoisotopic (exact) mass is 307 g/mol. The summed E-state index contributed by atoms with van der Waals surface area (Å²) in [6.45, 7) is 0. The normalized spacial score (nSPS) is 12.5. The van der Waals surface area contributed by atoms with E-state index in [9.17, 15) is 4.79 Å². The second-order valence-electron chi connectivity index (χ2n) is 5.36. The summed E-state index contributed by atoms with van der Waals surface area (Å²) in [4.78, 5) is 19.9. The third-order valence-corrected chi connectivity index (χ3v) is 4.01. The number of hydrogen-bond acceptors (Lipinski definition) is 5. The van der Waals surface area contributed by atoms with Crippen LogP contribution >= 0.6 is 0 Å². The summed E-state index contributed by atoms with van der Waals surface area (Å²) in [5, 5.41) is 13.1. The average Bonchev–Trinajstić information content (AvgIpc) is 2.96. The summed E-state index contributed by atoms with van der Waals surface area (Å²) < 4.78 is 1.25. The molecule has 0 amide bonds. The first-order valence-electron chi connectivity index (χ1n) is 7.16. The molecule has 0 bridgehead atoms. The maximum absolute atomic E-state index is 11.1. The first-order valence-corrected chi connectivity index (χ1v) is 7.16. The zero-order valence-corrected chi connectivity index (χ0v) is 12.1. The molecule has 4 rings (SSSR count). The third-order valence-electron chi connectivity index (χ3n) is 4.01. The highest BCUT2D eigenvalue weighted by Gasteiger charge is 2.21. The fraction of sp³-hybridized carbons (Fsp3) is 0.125. The number of carboxylic acid groups (broad SMARTS) is 1. The van der Waals surface area contributed by atoms with Crippen molar-refractivity contribution in [1.29, 1.82) is 0 Å². The standard InChI is InChI=1S/C16H13N5O2/c17-14-12(15(22)23)8-19-21(14)16-18-7-10-6-5-9-3-1-2-4-11(9)13(10)20-16/h1-4,7-8H,5-6,17H2,(H,22,23). The number of nitrogens with two attached hydrogens (primary N) is 1. The molecule has 2 aromatic heterocycles. The molecule has 1 aromatic carbocycles. The van der Waals surface area contributed by atoms with Crippen LogP contribution in [0.3, 0.4) is 0 Å². The lowest BCUT2D eigenvalue weighted by Gasteiger charge is -2.18. The van der Waals surface area contributed by atoms with Crippen molar-refractivity contribution < 1.29 is 9.90 Å². The number of carboxylic acids is 1. The number of hydrogen-bond donors (Lipinski definition) is 2. The van der Waals surface area contributed by atoms with Gasteiger partial charge in [-0.3, -0.25) is 0 Å². The van der Waals surface area contributed by atoms with Gasteiger partial charge in [-0.05, 0) is 24.0 Å². The van der Waals surface area contributed by atoms with Crippen LogP contribution in [0.4, 0.5) is 5.82 Å². The van der Waals surface area contributed by atoms with E-state index >= 15 is 0 Å². The van der Waals surface area contributed by atoms with E-state index in [-0.39, 0.29) is 17.3 Å². The Morgan fingerprint density at radius 3 is 2.74 bits per heavy atom. The number of anilines is 1. The number of aromatic nitrogens is 4. The maximum atomic E-state index is 11.1. The van der Waals surface area contributed by atoms with Gasteiger partial charge in [-0.25, -0.2) is 14.8 Å². The van der Waals surface area contributed by atoms with Crippen LogP contribution in [0.1, 0.15) is 21.5 Å². The molecule has 0 saturated carbocycles. The Bertz CT molecular complexity index is 932. The number of aromatic carboxylic acids is 1. The van der Waals surface area contributed by atoms with Gasteiger partial charge in [0.1, 0.15) is 11.4 Å². The molecule has 0 atom stereocenters. The number of nitrogen functional groups attached to an aromatic ring is 1. The molecule has 0 unspecified atom stereocenters. The summed E-state index contributed by atoms with van der Waals surface area (Å²) in [6.07, 6.45) is 4.80. The van der Waals surface area contributed by atoms with Crippen molar-refractivity contribution in [2.75, 3.05) is 5.73 Å². The zero-order valence-electron chi connectivity index (χ0n) is 12.1. The molecule has 0 aliphatic heterocycles. The fourth-order valence-electron chi connectivity index (χ4n) is 2.84. The van der Waals surface area contributed by atoms with Gasteiger partial charge in [-0.15, -0.1) is 0 Å². The van der Waals surface area contributed by atoms with E-state index in [1.807, 2.05) is 18.2 Å². The van der Waals surface area contributed by atoms with Crippen LogP contribution < -0.4 is 5.73 Å². The fourth-order valence-corrected chi connectivity index (χ4v) is 2.84. The van der Waals surface area contributed by atoms with Crippen molar-refractivity contribution in [2.24, 2.45) is 0 Å². The van der Waals surface area contributed by atoms with E-state index in [1.54, 1.807) is 6.20 Å². The van der Waals surface area contributed by atoms with Gasteiger partial charge < -0.3 is 10.8 Å². The first-order chi connectivity index (χ1) is 11.1. The molecule has 0 radical (unpaired) electrons. The molecule has 1 aliphatic rings. The van der Waals surface area contributed by atoms with Crippen LogP contribution in [0.15, 0.2) is 36.7 Å². The molecule has 3 N–H and O–H groups in total. The third kappa shape index (κ3) is 2.05. The molecule has 0 fully saturated rings. The van der Waals surface area contributed by atoms with Crippen LogP contribution in [-0.4, -0.2) is 30.8 Å².